The molecule has 1 N–H and O–H groups in total. The van der Waals surface area contributed by atoms with Crippen molar-refractivity contribution >= 4 is 17.5 Å². The van der Waals surface area contributed by atoms with E-state index in [1.54, 1.807) is 4.90 Å². The lowest BCUT2D eigenvalue weighted by Gasteiger charge is -2.40. The van der Waals surface area contributed by atoms with E-state index in [0.29, 0.717) is 12.0 Å². The minimum Gasteiger partial charge on any atom is -0.379 e. The van der Waals surface area contributed by atoms with Gasteiger partial charge < -0.3 is 19.9 Å². The Kier molecular flexibility index (Phi) is 7.44. The van der Waals surface area contributed by atoms with Crippen LogP contribution in [0, 0.1) is 11.3 Å². The molecule has 2 fully saturated rings. The number of hydrogen-bond donors (Lipinski definition) is 1. The monoisotopic (exact) mass is 397 g/mol. The number of nitrogens with one attached hydrogen (secondary N) is 1. The Bertz CT molecular complexity index is 728. The molecule has 0 saturated carbocycles. The largest absolute Gasteiger partial charge is 0.379 e. The number of piperidine rings is 1. The Morgan fingerprint density at radius 3 is 2.69 bits per heavy atom. The second-order valence-corrected chi connectivity index (χ2v) is 7.45. The lowest BCUT2D eigenvalue weighted by molar-refractivity contribution is 0.0115. The van der Waals surface area contributed by atoms with Gasteiger partial charge in [-0.1, -0.05) is 6.58 Å². The molecule has 3 rings (SSSR count). The van der Waals surface area contributed by atoms with Gasteiger partial charge in [0.25, 0.3) is 0 Å². The predicted molar refractivity (Wildman–Crippen MR) is 116 cm³/mol. The van der Waals surface area contributed by atoms with Crippen LogP contribution in [-0.4, -0.2) is 79.3 Å². The van der Waals surface area contributed by atoms with Crippen LogP contribution in [0.15, 0.2) is 36.1 Å². The quantitative estimate of drug-likeness (QED) is 0.602. The number of guanidine groups is 1. The van der Waals surface area contributed by atoms with Crippen LogP contribution >= 0.6 is 0 Å². The van der Waals surface area contributed by atoms with Crippen molar-refractivity contribution in [2.24, 2.45) is 4.99 Å². The summed E-state index contributed by atoms with van der Waals surface area (Å²) < 4.78 is 5.47. The summed E-state index contributed by atoms with van der Waals surface area (Å²) in [6.45, 7) is 11.3. The molecule has 0 spiro atoms. The van der Waals surface area contributed by atoms with Crippen LogP contribution in [-0.2, 0) is 4.74 Å². The first-order chi connectivity index (χ1) is 14.1. The average Bonchev–Trinajstić information content (AvgIpc) is 2.79. The Morgan fingerprint density at radius 2 is 2.10 bits per heavy atom. The predicted octanol–water partition coefficient (Wildman–Crippen LogP) is 2.14. The number of rotatable bonds is 5. The van der Waals surface area contributed by atoms with Gasteiger partial charge in [0.15, 0.2) is 0 Å². The molecule has 2 saturated heterocycles. The van der Waals surface area contributed by atoms with Gasteiger partial charge in [0.05, 0.1) is 31.2 Å². The average molecular weight is 398 g/mol. The molecule has 0 aliphatic carbocycles. The first kappa shape index (κ1) is 21.1. The van der Waals surface area contributed by atoms with Crippen LogP contribution in [0.5, 0.6) is 0 Å². The summed E-state index contributed by atoms with van der Waals surface area (Å²) in [5.41, 5.74) is 0.828. The van der Waals surface area contributed by atoms with Gasteiger partial charge in [-0.25, -0.2) is 9.98 Å². The third-order valence-corrected chi connectivity index (χ3v) is 5.67. The third-order valence-electron chi connectivity index (χ3n) is 5.67. The first-order valence-electron chi connectivity index (χ1n) is 10.2. The number of aliphatic imine (C=N–C) groups is 1. The van der Waals surface area contributed by atoms with Crippen molar-refractivity contribution in [1.29, 1.82) is 5.26 Å². The molecule has 2 aliphatic rings. The van der Waals surface area contributed by atoms with Crippen molar-refractivity contribution < 1.29 is 4.74 Å². The van der Waals surface area contributed by atoms with E-state index >= 15 is 0 Å². The summed E-state index contributed by atoms with van der Waals surface area (Å²) in [7, 11) is 1.82. The zero-order chi connectivity index (χ0) is 20.6. The van der Waals surface area contributed by atoms with Gasteiger partial charge in [-0.15, -0.1) is 0 Å². The lowest BCUT2D eigenvalue weighted by Crippen LogP contribution is -2.49. The van der Waals surface area contributed by atoms with E-state index in [1.807, 2.05) is 32.3 Å². The summed E-state index contributed by atoms with van der Waals surface area (Å²) in [5.74, 6) is 1.56. The first-order valence-corrected chi connectivity index (χ1v) is 10.2. The maximum atomic E-state index is 9.14. The van der Waals surface area contributed by atoms with Crippen LogP contribution in [0.2, 0.25) is 0 Å². The minimum atomic E-state index is -0.304. The molecular weight excluding hydrogens is 366 g/mol. The van der Waals surface area contributed by atoms with Crippen molar-refractivity contribution in [1.82, 2.24) is 14.8 Å². The molecule has 0 bridgehead atoms. The Balaban J connectivity index is 1.56. The molecule has 1 aromatic rings. The van der Waals surface area contributed by atoms with Crippen LogP contribution in [0.1, 0.15) is 19.8 Å². The van der Waals surface area contributed by atoms with Gasteiger partial charge in [-0.3, -0.25) is 4.90 Å². The van der Waals surface area contributed by atoms with Crippen molar-refractivity contribution in [3.8, 4) is 6.07 Å². The molecule has 8 nitrogen and oxygen atoms in total. The van der Waals surface area contributed by atoms with Gasteiger partial charge in [-0.2, -0.15) is 5.26 Å². The van der Waals surface area contributed by atoms with Crippen molar-refractivity contribution in [2.45, 2.75) is 31.8 Å². The summed E-state index contributed by atoms with van der Waals surface area (Å²) in [6, 6.07) is 6.60. The molecule has 1 unspecified atom stereocenters. The fraction of sp³-hybridized carbons (Fsp3) is 0.571. The van der Waals surface area contributed by atoms with Crippen LogP contribution in [0.25, 0.3) is 0 Å². The SMILES string of the molecule is C=CN=C(Nc1ccc(N2CCC(N3CCOCC3)CC2)nc1)N(C)C(C)C#N. The topological polar surface area (TPSA) is 80.0 Å². The normalized spacial score (nSPS) is 20.0. The second-order valence-electron chi connectivity index (χ2n) is 7.45. The minimum absolute atomic E-state index is 0.304. The van der Waals surface area contributed by atoms with Gasteiger partial charge >= 0.3 is 0 Å². The molecule has 1 aromatic heterocycles. The van der Waals surface area contributed by atoms with Crippen LogP contribution in [0.4, 0.5) is 11.5 Å². The van der Waals surface area contributed by atoms with Crippen molar-refractivity contribution in [2.75, 3.05) is 56.7 Å². The summed E-state index contributed by atoms with van der Waals surface area (Å²) in [5, 5.41) is 12.4. The summed E-state index contributed by atoms with van der Waals surface area (Å²) >= 11 is 0. The van der Waals surface area contributed by atoms with E-state index in [9.17, 15) is 0 Å². The second kappa shape index (κ2) is 10.2. The Labute approximate surface area is 173 Å². The van der Waals surface area contributed by atoms with Gasteiger partial charge in [0.2, 0.25) is 5.96 Å². The highest BCUT2D eigenvalue weighted by atomic mass is 16.5. The van der Waals surface area contributed by atoms with Crippen LogP contribution in [0.3, 0.4) is 0 Å². The molecule has 3 heterocycles. The van der Waals surface area contributed by atoms with E-state index in [0.717, 1.165) is 63.7 Å². The van der Waals surface area contributed by atoms with Crippen molar-refractivity contribution in [3.05, 3.63) is 31.1 Å². The fourth-order valence-electron chi connectivity index (χ4n) is 3.75. The van der Waals surface area contributed by atoms with Crippen LogP contribution < -0.4 is 10.2 Å². The molecular formula is C21H31N7O. The summed E-state index contributed by atoms with van der Waals surface area (Å²) in [4.78, 5) is 15.6. The standard InChI is InChI=1S/C21H31N7O/c1-4-23-21(26(3)17(2)15-22)25-18-5-6-20(24-16-18)28-9-7-19(8-10-28)27-11-13-29-14-12-27/h4-6,16-17,19H,1,7-14H2,2-3H3,(H,23,25). The maximum Gasteiger partial charge on any atom is 0.203 e. The Hall–Kier alpha value is -2.63. The number of nitriles is 1. The number of aromatic nitrogens is 1. The lowest BCUT2D eigenvalue weighted by atomic mass is 10.0. The smallest absolute Gasteiger partial charge is 0.203 e. The molecule has 8 heteroatoms. The van der Waals surface area contributed by atoms with E-state index in [2.05, 4.69) is 37.7 Å². The Morgan fingerprint density at radius 1 is 1.38 bits per heavy atom. The zero-order valence-corrected chi connectivity index (χ0v) is 17.4. The van der Waals surface area contributed by atoms with E-state index < -0.39 is 0 Å². The molecule has 0 radical (unpaired) electrons. The van der Waals surface area contributed by atoms with Gasteiger partial charge in [0, 0.05) is 45.5 Å². The third kappa shape index (κ3) is 5.46. The molecule has 0 amide bonds. The number of morpholine rings is 1. The number of pyridine rings is 1. The number of hydrogen-bond acceptors (Lipinski definition) is 6. The molecule has 0 aromatic carbocycles. The zero-order valence-electron chi connectivity index (χ0n) is 17.4. The number of ether oxygens (including phenoxy) is 1. The molecule has 156 valence electrons. The molecule has 29 heavy (non-hydrogen) atoms. The van der Waals surface area contributed by atoms with Crippen molar-refractivity contribution in [3.63, 3.8) is 0 Å². The highest BCUT2D eigenvalue weighted by molar-refractivity contribution is 5.94. The van der Waals surface area contributed by atoms with Gasteiger partial charge in [0.1, 0.15) is 11.9 Å². The highest BCUT2D eigenvalue weighted by Gasteiger charge is 2.26. The molecule has 1 atom stereocenters. The van der Waals surface area contributed by atoms with Gasteiger partial charge in [-0.05, 0) is 31.9 Å². The van der Waals surface area contributed by atoms with E-state index in [1.165, 1.54) is 6.20 Å². The van der Waals surface area contributed by atoms with E-state index in [-0.39, 0.29) is 6.04 Å². The fourth-order valence-corrected chi connectivity index (χ4v) is 3.75. The maximum absolute atomic E-state index is 9.14. The summed E-state index contributed by atoms with van der Waals surface area (Å²) in [6.07, 6.45) is 5.60. The highest BCUT2D eigenvalue weighted by Crippen LogP contribution is 2.22. The molecule has 2 aliphatic heterocycles. The number of nitrogens with zero attached hydrogens (tertiary/aromatic N) is 6. The van der Waals surface area contributed by atoms with E-state index in [4.69, 9.17) is 10.00 Å². The number of anilines is 2.